The Balaban J connectivity index is 1.49. The van der Waals surface area contributed by atoms with E-state index >= 15 is 0 Å². The first-order chi connectivity index (χ1) is 17.1. The Labute approximate surface area is 211 Å². The summed E-state index contributed by atoms with van der Waals surface area (Å²) in [6, 6.07) is 15.9. The van der Waals surface area contributed by atoms with Crippen molar-refractivity contribution in [3.63, 3.8) is 0 Å². The van der Waals surface area contributed by atoms with Gasteiger partial charge in [0.15, 0.2) is 0 Å². The van der Waals surface area contributed by atoms with Crippen molar-refractivity contribution in [3.8, 4) is 11.5 Å². The van der Waals surface area contributed by atoms with Crippen LogP contribution < -0.4 is 10.2 Å². The number of carboxylic acid groups (broad SMARTS) is 1. The van der Waals surface area contributed by atoms with E-state index in [2.05, 4.69) is 28.5 Å². The van der Waals surface area contributed by atoms with Crippen LogP contribution in [0.15, 0.2) is 52.9 Å². The molecule has 3 aromatic rings. The number of rotatable bonds is 6. The quantitative estimate of drug-likeness (QED) is 0.455. The van der Waals surface area contributed by atoms with Gasteiger partial charge in [0.05, 0.1) is 6.04 Å². The molecule has 2 atom stereocenters. The lowest BCUT2D eigenvalue weighted by molar-refractivity contribution is -0.118. The van der Waals surface area contributed by atoms with Crippen LogP contribution in [0, 0.1) is 0 Å². The fraction of sp³-hybridized carbons (Fsp3) is 0.407. The van der Waals surface area contributed by atoms with Gasteiger partial charge in [-0.05, 0) is 70.0 Å². The minimum absolute atomic E-state index is 0.0162. The summed E-state index contributed by atoms with van der Waals surface area (Å²) in [4.78, 5) is 27.3. The topological polar surface area (TPSA) is 112 Å². The first-order valence-corrected chi connectivity index (χ1v) is 12.2. The molecule has 2 aromatic carbocycles. The zero-order chi connectivity index (χ0) is 26.0. The highest BCUT2D eigenvalue weighted by Gasteiger charge is 2.33. The van der Waals surface area contributed by atoms with E-state index in [0.29, 0.717) is 12.3 Å². The van der Waals surface area contributed by atoms with E-state index in [9.17, 15) is 14.7 Å². The van der Waals surface area contributed by atoms with Gasteiger partial charge in [0.25, 0.3) is 0 Å². The van der Waals surface area contributed by atoms with E-state index in [0.717, 1.165) is 28.9 Å². The number of hydrogen-bond acceptors (Lipinski definition) is 6. The van der Waals surface area contributed by atoms with Gasteiger partial charge in [-0.15, -0.1) is 10.2 Å². The van der Waals surface area contributed by atoms with Crippen molar-refractivity contribution in [2.24, 2.45) is 0 Å². The van der Waals surface area contributed by atoms with Crippen LogP contribution in [-0.2, 0) is 11.3 Å². The third-order valence-corrected chi connectivity index (χ3v) is 6.43. The van der Waals surface area contributed by atoms with Crippen molar-refractivity contribution in [2.75, 3.05) is 10.2 Å². The Kier molecular flexibility index (Phi) is 7.01. The summed E-state index contributed by atoms with van der Waals surface area (Å²) >= 11 is 0. The predicted molar refractivity (Wildman–Crippen MR) is 138 cm³/mol. The SMILES string of the molecule is CCC(=O)N1c2ccccc2[C@H](Nc2ccc(-c3nnc(CN(C(=O)O)C(C)(C)C)o3)cc2)C[C@@H]1C. The van der Waals surface area contributed by atoms with Crippen molar-refractivity contribution in [2.45, 2.75) is 71.6 Å². The number of para-hydroxylation sites is 1. The lowest BCUT2D eigenvalue weighted by atomic mass is 9.91. The summed E-state index contributed by atoms with van der Waals surface area (Å²) < 4.78 is 5.76. The first-order valence-electron chi connectivity index (χ1n) is 12.2. The van der Waals surface area contributed by atoms with Crippen LogP contribution in [-0.4, -0.2) is 43.8 Å². The second-order valence-electron chi connectivity index (χ2n) is 10.1. The molecule has 1 aromatic heterocycles. The summed E-state index contributed by atoms with van der Waals surface area (Å²) in [6.45, 7) is 9.43. The van der Waals surface area contributed by atoms with Gasteiger partial charge in [-0.2, -0.15) is 0 Å². The standard InChI is InChI=1S/C27H33N5O4/c1-6-24(33)32-17(2)15-21(20-9-7-8-10-22(20)32)28-19-13-11-18(12-14-19)25-30-29-23(36-25)16-31(26(34)35)27(3,4)5/h7-14,17,21,28H,6,15-16H2,1-5H3,(H,34,35)/t17-,21+/m0/s1. The maximum absolute atomic E-state index is 12.6. The summed E-state index contributed by atoms with van der Waals surface area (Å²) in [7, 11) is 0. The molecule has 1 aliphatic heterocycles. The number of nitrogens with one attached hydrogen (secondary N) is 1. The van der Waals surface area contributed by atoms with E-state index in [1.165, 1.54) is 4.90 Å². The molecule has 2 amide bonds. The molecule has 190 valence electrons. The van der Waals surface area contributed by atoms with E-state index in [1.54, 1.807) is 0 Å². The zero-order valence-corrected chi connectivity index (χ0v) is 21.4. The molecule has 0 bridgehead atoms. The highest BCUT2D eigenvalue weighted by atomic mass is 16.4. The largest absolute Gasteiger partial charge is 0.465 e. The van der Waals surface area contributed by atoms with Gasteiger partial charge in [0.1, 0.15) is 6.54 Å². The molecule has 1 aliphatic rings. The molecule has 0 radical (unpaired) electrons. The number of carbonyl (C=O) groups is 2. The third kappa shape index (κ3) is 5.19. The highest BCUT2D eigenvalue weighted by molar-refractivity contribution is 5.95. The average molecular weight is 492 g/mol. The van der Waals surface area contributed by atoms with E-state index < -0.39 is 11.6 Å². The minimum atomic E-state index is -1.04. The lowest BCUT2D eigenvalue weighted by Gasteiger charge is -2.40. The van der Waals surface area contributed by atoms with Crippen molar-refractivity contribution >= 4 is 23.4 Å². The summed E-state index contributed by atoms with van der Waals surface area (Å²) in [5.41, 5.74) is 3.15. The first kappa shape index (κ1) is 25.2. The maximum Gasteiger partial charge on any atom is 0.408 e. The smallest absolute Gasteiger partial charge is 0.408 e. The predicted octanol–water partition coefficient (Wildman–Crippen LogP) is 5.70. The molecule has 4 rings (SSSR count). The fourth-order valence-electron chi connectivity index (χ4n) is 4.57. The molecule has 2 heterocycles. The van der Waals surface area contributed by atoms with Crippen LogP contribution in [0.25, 0.3) is 11.5 Å². The average Bonchev–Trinajstić information content (AvgIpc) is 3.30. The number of carbonyl (C=O) groups excluding carboxylic acids is 1. The Morgan fingerprint density at radius 1 is 1.14 bits per heavy atom. The minimum Gasteiger partial charge on any atom is -0.465 e. The molecule has 0 unspecified atom stereocenters. The number of benzene rings is 2. The molecule has 0 saturated heterocycles. The van der Waals surface area contributed by atoms with E-state index in [4.69, 9.17) is 4.42 Å². The number of amides is 2. The molecule has 2 N–H and O–H groups in total. The number of aromatic nitrogens is 2. The Hall–Kier alpha value is -3.88. The second kappa shape index (κ2) is 10.0. The van der Waals surface area contributed by atoms with Crippen LogP contribution in [0.2, 0.25) is 0 Å². The van der Waals surface area contributed by atoms with Gasteiger partial charge in [0.2, 0.25) is 17.7 Å². The Morgan fingerprint density at radius 2 is 1.83 bits per heavy atom. The van der Waals surface area contributed by atoms with Gasteiger partial charge in [-0.1, -0.05) is 25.1 Å². The molecular weight excluding hydrogens is 458 g/mol. The highest BCUT2D eigenvalue weighted by Crippen LogP contribution is 2.39. The normalized spacial score (nSPS) is 17.4. The molecule has 0 spiro atoms. The van der Waals surface area contributed by atoms with Crippen molar-refractivity contribution in [1.29, 1.82) is 0 Å². The summed E-state index contributed by atoms with van der Waals surface area (Å²) in [6.07, 6.45) is 0.226. The van der Waals surface area contributed by atoms with Crippen LogP contribution in [0.4, 0.5) is 16.2 Å². The molecule has 0 fully saturated rings. The molecule has 0 saturated carbocycles. The molecule has 9 nitrogen and oxygen atoms in total. The van der Waals surface area contributed by atoms with E-state index in [1.807, 2.05) is 75.1 Å². The van der Waals surface area contributed by atoms with Gasteiger partial charge in [0, 0.05) is 34.9 Å². The Bertz CT molecular complexity index is 1230. The lowest BCUT2D eigenvalue weighted by Crippen LogP contribution is -2.44. The Morgan fingerprint density at radius 3 is 2.47 bits per heavy atom. The zero-order valence-electron chi connectivity index (χ0n) is 21.4. The van der Waals surface area contributed by atoms with Crippen molar-refractivity contribution in [1.82, 2.24) is 15.1 Å². The third-order valence-electron chi connectivity index (χ3n) is 6.43. The van der Waals surface area contributed by atoms with E-state index in [-0.39, 0.29) is 30.4 Å². The molecule has 9 heteroatoms. The maximum atomic E-state index is 12.6. The number of nitrogens with zero attached hydrogens (tertiary/aromatic N) is 4. The molecule has 36 heavy (non-hydrogen) atoms. The summed E-state index contributed by atoms with van der Waals surface area (Å²) in [5, 5.41) is 21.2. The van der Waals surface area contributed by atoms with Gasteiger partial charge in [-0.3, -0.25) is 9.69 Å². The van der Waals surface area contributed by atoms with Gasteiger partial charge in [-0.25, -0.2) is 4.79 Å². The van der Waals surface area contributed by atoms with Crippen LogP contribution >= 0.6 is 0 Å². The van der Waals surface area contributed by atoms with Crippen molar-refractivity contribution < 1.29 is 19.1 Å². The number of anilines is 2. The molecule has 0 aliphatic carbocycles. The molecular formula is C27H33N5O4. The van der Waals surface area contributed by atoms with Crippen LogP contribution in [0.1, 0.15) is 65.0 Å². The fourth-order valence-corrected chi connectivity index (χ4v) is 4.57. The number of fused-ring (bicyclic) bond motifs is 1. The van der Waals surface area contributed by atoms with Crippen molar-refractivity contribution in [3.05, 3.63) is 60.0 Å². The number of hydrogen-bond donors (Lipinski definition) is 2. The van der Waals surface area contributed by atoms with Gasteiger partial charge < -0.3 is 19.7 Å². The van der Waals surface area contributed by atoms with Gasteiger partial charge >= 0.3 is 6.09 Å². The monoisotopic (exact) mass is 491 g/mol. The second-order valence-corrected chi connectivity index (χ2v) is 10.1. The van der Waals surface area contributed by atoms with Crippen LogP contribution in [0.3, 0.4) is 0 Å². The van der Waals surface area contributed by atoms with Crippen LogP contribution in [0.5, 0.6) is 0 Å². The summed E-state index contributed by atoms with van der Waals surface area (Å²) in [5.74, 6) is 0.704.